The SMILES string of the molecule is CCC(=O)OC(C)[C@@]1(C)CCC[C@]2(C)[C@H]3C[C@H](OC(=O)CC(C)O)[C@]4(C)C5=C(CC[C@H]4[C@]3(C)CC[C@H]21)[C@H](C)OC5=O. The number of hydrogen-bond donors (Lipinski definition) is 1. The molecule has 41 heavy (non-hydrogen) atoms. The van der Waals surface area contributed by atoms with Crippen LogP contribution < -0.4 is 0 Å². The van der Waals surface area contributed by atoms with Gasteiger partial charge in [-0.05, 0) is 99.9 Å². The van der Waals surface area contributed by atoms with E-state index < -0.39 is 23.6 Å². The number of ether oxygens (including phenoxy) is 3. The van der Waals surface area contributed by atoms with E-state index in [0.29, 0.717) is 18.8 Å². The molecule has 0 bridgehead atoms. The van der Waals surface area contributed by atoms with Crippen LogP contribution >= 0.6 is 0 Å². The summed E-state index contributed by atoms with van der Waals surface area (Å²) >= 11 is 0. The molecule has 0 aromatic carbocycles. The van der Waals surface area contributed by atoms with Gasteiger partial charge in [0.25, 0.3) is 0 Å². The zero-order chi connectivity index (χ0) is 30.1. The average Bonchev–Trinajstić information content (AvgIpc) is 3.18. The molecule has 4 aliphatic carbocycles. The van der Waals surface area contributed by atoms with Crippen molar-refractivity contribution in [2.45, 2.75) is 144 Å². The van der Waals surface area contributed by atoms with E-state index in [1.54, 1.807) is 6.92 Å². The predicted molar refractivity (Wildman–Crippen MR) is 154 cm³/mol. The first kappa shape index (κ1) is 30.6. The topological polar surface area (TPSA) is 99.1 Å². The minimum absolute atomic E-state index is 0.0265. The van der Waals surface area contributed by atoms with Gasteiger partial charge in [0.1, 0.15) is 18.3 Å². The molecule has 1 aliphatic heterocycles. The third-order valence-electron chi connectivity index (χ3n) is 13.0. The number of aliphatic hydroxyl groups is 1. The van der Waals surface area contributed by atoms with Crippen molar-refractivity contribution in [2.24, 2.45) is 39.4 Å². The van der Waals surface area contributed by atoms with Gasteiger partial charge in [-0.2, -0.15) is 0 Å². The summed E-state index contributed by atoms with van der Waals surface area (Å²) in [5, 5.41) is 9.97. The van der Waals surface area contributed by atoms with Gasteiger partial charge in [-0.25, -0.2) is 4.79 Å². The van der Waals surface area contributed by atoms with Crippen LogP contribution in [0.3, 0.4) is 0 Å². The molecule has 7 nitrogen and oxygen atoms in total. The molecule has 0 aromatic heterocycles. The molecule has 2 unspecified atom stereocenters. The summed E-state index contributed by atoms with van der Waals surface area (Å²) in [6, 6.07) is 0. The highest BCUT2D eigenvalue weighted by Gasteiger charge is 2.70. The second-order valence-corrected chi connectivity index (χ2v) is 15.1. The van der Waals surface area contributed by atoms with Crippen LogP contribution in [0.2, 0.25) is 0 Å². The van der Waals surface area contributed by atoms with E-state index in [1.165, 1.54) is 0 Å². The van der Waals surface area contributed by atoms with Gasteiger partial charge in [-0.15, -0.1) is 0 Å². The molecular weight excluding hydrogens is 520 g/mol. The lowest BCUT2D eigenvalue weighted by Gasteiger charge is -2.70. The molecule has 0 radical (unpaired) electrons. The smallest absolute Gasteiger partial charge is 0.335 e. The third-order valence-corrected chi connectivity index (χ3v) is 13.0. The molecule has 1 heterocycles. The maximum Gasteiger partial charge on any atom is 0.335 e. The predicted octanol–water partition coefficient (Wildman–Crippen LogP) is 6.30. The van der Waals surface area contributed by atoms with E-state index in [1.807, 2.05) is 13.8 Å². The van der Waals surface area contributed by atoms with Crippen molar-refractivity contribution in [3.63, 3.8) is 0 Å². The second-order valence-electron chi connectivity index (χ2n) is 15.1. The highest BCUT2D eigenvalue weighted by molar-refractivity contribution is 5.94. The van der Waals surface area contributed by atoms with Gasteiger partial charge in [-0.3, -0.25) is 9.59 Å². The van der Waals surface area contributed by atoms with Gasteiger partial charge >= 0.3 is 17.9 Å². The van der Waals surface area contributed by atoms with Gasteiger partial charge < -0.3 is 19.3 Å². The number of hydrogen-bond acceptors (Lipinski definition) is 7. The lowest BCUT2D eigenvalue weighted by molar-refractivity contribution is -0.237. The highest BCUT2D eigenvalue weighted by atomic mass is 16.6. The van der Waals surface area contributed by atoms with Crippen molar-refractivity contribution < 1.29 is 33.7 Å². The lowest BCUT2D eigenvalue weighted by Crippen LogP contribution is -2.67. The highest BCUT2D eigenvalue weighted by Crippen LogP contribution is 2.74. The zero-order valence-corrected chi connectivity index (χ0v) is 26.5. The van der Waals surface area contributed by atoms with Gasteiger partial charge in [0.05, 0.1) is 12.5 Å². The van der Waals surface area contributed by atoms with Crippen LogP contribution in [0.15, 0.2) is 11.1 Å². The summed E-state index contributed by atoms with van der Waals surface area (Å²) in [5.41, 5.74) is 0.979. The summed E-state index contributed by atoms with van der Waals surface area (Å²) in [7, 11) is 0. The van der Waals surface area contributed by atoms with Gasteiger partial charge in [-0.1, -0.05) is 41.0 Å². The molecule has 7 heteroatoms. The zero-order valence-electron chi connectivity index (χ0n) is 26.5. The number of carbonyl (C=O) groups excluding carboxylic acids is 3. The summed E-state index contributed by atoms with van der Waals surface area (Å²) in [6.07, 6.45) is 6.36. The van der Waals surface area contributed by atoms with Crippen LogP contribution in [0, 0.1) is 39.4 Å². The van der Waals surface area contributed by atoms with Crippen molar-refractivity contribution in [1.82, 2.24) is 0 Å². The van der Waals surface area contributed by atoms with Crippen molar-refractivity contribution in [2.75, 3.05) is 0 Å². The molecule has 0 amide bonds. The number of esters is 3. The van der Waals surface area contributed by atoms with E-state index in [-0.39, 0.29) is 58.6 Å². The molecular formula is C34H52O7. The molecule has 3 fully saturated rings. The summed E-state index contributed by atoms with van der Waals surface area (Å²) in [6.45, 7) is 16.8. The first-order valence-electron chi connectivity index (χ1n) is 16.1. The average molecular weight is 573 g/mol. The molecule has 3 saturated carbocycles. The van der Waals surface area contributed by atoms with Crippen LogP contribution in [0.5, 0.6) is 0 Å². The number of aliphatic hydroxyl groups excluding tert-OH is 1. The Morgan fingerprint density at radius 2 is 1.68 bits per heavy atom. The number of fused-ring (bicyclic) bond motifs is 6. The van der Waals surface area contributed by atoms with Crippen LogP contribution in [0.4, 0.5) is 0 Å². The molecule has 5 rings (SSSR count). The van der Waals surface area contributed by atoms with Gasteiger partial charge in [0.15, 0.2) is 0 Å². The summed E-state index contributed by atoms with van der Waals surface area (Å²) in [5.74, 6) is 0.00309. The Labute approximate surface area is 246 Å². The number of carbonyl (C=O) groups is 3. The molecule has 230 valence electrons. The van der Waals surface area contributed by atoms with E-state index in [2.05, 4.69) is 34.6 Å². The maximum absolute atomic E-state index is 13.4. The summed E-state index contributed by atoms with van der Waals surface area (Å²) < 4.78 is 18.1. The lowest BCUT2D eigenvalue weighted by atomic mass is 9.34. The molecule has 1 N–H and O–H groups in total. The van der Waals surface area contributed by atoms with Gasteiger partial charge in [0, 0.05) is 22.8 Å². The van der Waals surface area contributed by atoms with Crippen molar-refractivity contribution in [1.29, 1.82) is 0 Å². The van der Waals surface area contributed by atoms with Crippen LogP contribution in [0.25, 0.3) is 0 Å². The second kappa shape index (κ2) is 10.4. The Morgan fingerprint density at radius 3 is 2.34 bits per heavy atom. The monoisotopic (exact) mass is 572 g/mol. The fourth-order valence-corrected chi connectivity index (χ4v) is 11.0. The number of rotatable bonds is 6. The van der Waals surface area contributed by atoms with Crippen LogP contribution in [0.1, 0.15) is 120 Å². The third kappa shape index (κ3) is 4.50. The molecule has 0 saturated heterocycles. The normalized spacial score (nSPS) is 44.9. The van der Waals surface area contributed by atoms with E-state index >= 15 is 0 Å². The first-order valence-corrected chi connectivity index (χ1v) is 16.1. The maximum atomic E-state index is 13.4. The Bertz CT molecular complexity index is 1130. The van der Waals surface area contributed by atoms with Crippen molar-refractivity contribution in [3.05, 3.63) is 11.1 Å². The summed E-state index contributed by atoms with van der Waals surface area (Å²) in [4.78, 5) is 38.9. The molecule has 5 aliphatic rings. The molecule has 0 spiro atoms. The minimum Gasteiger partial charge on any atom is -0.462 e. The fraction of sp³-hybridized carbons (Fsp3) is 0.853. The first-order chi connectivity index (χ1) is 19.1. The van der Waals surface area contributed by atoms with E-state index in [9.17, 15) is 19.5 Å². The molecule has 11 atom stereocenters. The largest absolute Gasteiger partial charge is 0.462 e. The molecule has 0 aromatic rings. The van der Waals surface area contributed by atoms with Crippen LogP contribution in [-0.2, 0) is 28.6 Å². The van der Waals surface area contributed by atoms with Crippen LogP contribution in [-0.4, -0.2) is 47.4 Å². The van der Waals surface area contributed by atoms with E-state index in [0.717, 1.165) is 56.1 Å². The van der Waals surface area contributed by atoms with E-state index in [4.69, 9.17) is 14.2 Å². The minimum atomic E-state index is -0.791. The Kier molecular flexibility index (Phi) is 7.74. The quantitative estimate of drug-likeness (QED) is 0.294. The fourth-order valence-electron chi connectivity index (χ4n) is 11.0. The van der Waals surface area contributed by atoms with Crippen molar-refractivity contribution in [3.8, 4) is 0 Å². The Hall–Kier alpha value is -1.89. The standard InChI is InChI=1S/C34H52O7/c1-9-27(36)40-21(4)31(5)14-10-15-32(6)23(31)13-16-33(7)24-12-11-22-20(3)39-30(38)29(22)34(24,8)26(18-25(32)33)41-28(37)17-19(2)35/h19-21,23-26,35H,9-18H2,1-8H3/t19?,20-,21?,23-,24-,25+,26-,31+,32-,33-,34+/m0/s1. The Balaban J connectivity index is 1.57. The Morgan fingerprint density at radius 1 is 1.00 bits per heavy atom. The van der Waals surface area contributed by atoms with Gasteiger partial charge in [0.2, 0.25) is 0 Å². The number of cyclic esters (lactones) is 1. The van der Waals surface area contributed by atoms with Crippen molar-refractivity contribution >= 4 is 17.9 Å².